The smallest absolute Gasteiger partial charge is 0.242 e. The van der Waals surface area contributed by atoms with Gasteiger partial charge in [0.2, 0.25) is 26.0 Å². The molecule has 1 heterocycles. The van der Waals surface area contributed by atoms with Gasteiger partial charge in [-0.25, -0.2) is 25.9 Å². The summed E-state index contributed by atoms with van der Waals surface area (Å²) in [5.74, 6) is -0.742. The van der Waals surface area contributed by atoms with E-state index in [4.69, 9.17) is 0 Å². The molecule has 1 amide bonds. The van der Waals surface area contributed by atoms with Gasteiger partial charge in [0.1, 0.15) is 0 Å². The normalized spacial score (nSPS) is 16.5. The van der Waals surface area contributed by atoms with E-state index in [0.717, 1.165) is 15.4 Å². The molecule has 0 spiro atoms. The summed E-state index contributed by atoms with van der Waals surface area (Å²) in [6.45, 7) is 5.27. The quantitative estimate of drug-likeness (QED) is 0.796. The molecule has 1 aliphatic heterocycles. The number of benzene rings is 2. The van der Waals surface area contributed by atoms with Crippen LogP contribution in [0.1, 0.15) is 28.7 Å². The minimum absolute atomic E-state index is 0.0708. The number of hydrogen-bond acceptors (Lipinski definition) is 5. The lowest BCUT2D eigenvalue weighted by atomic mass is 10.1. The molecule has 0 bridgehead atoms. The summed E-state index contributed by atoms with van der Waals surface area (Å²) < 4.78 is 53.3. The molecule has 150 valence electrons. The Morgan fingerprint density at radius 3 is 2.11 bits per heavy atom. The van der Waals surface area contributed by atoms with Crippen LogP contribution in [0.25, 0.3) is 0 Å². The number of hydrogen-bond donors (Lipinski definition) is 1. The fourth-order valence-electron chi connectivity index (χ4n) is 3.29. The molecule has 9 heteroatoms. The Morgan fingerprint density at radius 2 is 1.61 bits per heavy atom. The molecule has 2 aromatic rings. The van der Waals surface area contributed by atoms with E-state index in [1.165, 1.54) is 12.1 Å². The molecular formula is C19H22N2O5S2. The van der Waals surface area contributed by atoms with Crippen LogP contribution in [0.15, 0.2) is 41.3 Å². The van der Waals surface area contributed by atoms with Gasteiger partial charge in [0.05, 0.1) is 16.3 Å². The predicted octanol–water partition coefficient (Wildman–Crippen LogP) is 2.16. The van der Waals surface area contributed by atoms with Crippen molar-refractivity contribution < 1.29 is 21.6 Å². The van der Waals surface area contributed by atoms with Gasteiger partial charge in [0.15, 0.2) is 0 Å². The molecule has 0 aromatic heterocycles. The Balaban J connectivity index is 1.92. The van der Waals surface area contributed by atoms with Crippen molar-refractivity contribution in [1.29, 1.82) is 0 Å². The molecule has 28 heavy (non-hydrogen) atoms. The number of amides is 1. The highest BCUT2D eigenvalue weighted by molar-refractivity contribution is 7.94. The molecule has 0 atom stereocenters. The van der Waals surface area contributed by atoms with Gasteiger partial charge in [-0.05, 0) is 49.6 Å². The average Bonchev–Trinajstić information content (AvgIpc) is 2.86. The lowest BCUT2D eigenvalue weighted by Gasteiger charge is -2.19. The van der Waals surface area contributed by atoms with E-state index < -0.39 is 26.0 Å². The monoisotopic (exact) mass is 422 g/mol. The summed E-state index contributed by atoms with van der Waals surface area (Å²) in [5, 5.41) is 0. The van der Waals surface area contributed by atoms with Crippen molar-refractivity contribution in [2.45, 2.75) is 38.6 Å². The van der Waals surface area contributed by atoms with Crippen molar-refractivity contribution in [2.24, 2.45) is 0 Å². The number of carbonyl (C=O) groups is 1. The summed E-state index contributed by atoms with van der Waals surface area (Å²) in [4.78, 5) is 12.1. The highest BCUT2D eigenvalue weighted by Gasteiger charge is 2.37. The van der Waals surface area contributed by atoms with Crippen LogP contribution in [-0.4, -0.2) is 28.5 Å². The fraction of sp³-hybridized carbons (Fsp3) is 0.316. The molecule has 7 nitrogen and oxygen atoms in total. The largest absolute Gasteiger partial charge is 0.273 e. The zero-order valence-corrected chi connectivity index (χ0v) is 17.5. The zero-order valence-electron chi connectivity index (χ0n) is 15.9. The van der Waals surface area contributed by atoms with E-state index in [-0.39, 0.29) is 29.3 Å². The molecule has 0 unspecified atom stereocenters. The SMILES string of the molecule is Cc1ccc(CNS(=O)(=O)c2c(C)cc(N3C(=O)CCS3(=O)=O)cc2C)cc1. The molecule has 0 saturated carbocycles. The van der Waals surface area contributed by atoms with Crippen molar-refractivity contribution in [1.82, 2.24) is 4.72 Å². The molecule has 1 saturated heterocycles. The summed E-state index contributed by atoms with van der Waals surface area (Å²) in [7, 11) is -7.52. The van der Waals surface area contributed by atoms with Gasteiger partial charge in [0, 0.05) is 13.0 Å². The van der Waals surface area contributed by atoms with Crippen LogP contribution in [-0.2, 0) is 31.4 Å². The Hall–Kier alpha value is -2.23. The molecule has 1 aliphatic rings. The van der Waals surface area contributed by atoms with Crippen LogP contribution in [0.5, 0.6) is 0 Å². The molecule has 1 fully saturated rings. The van der Waals surface area contributed by atoms with Crippen molar-refractivity contribution in [3.63, 3.8) is 0 Å². The van der Waals surface area contributed by atoms with Gasteiger partial charge in [-0.2, -0.15) is 0 Å². The summed E-state index contributed by atoms with van der Waals surface area (Å²) in [5.41, 5.74) is 2.84. The van der Waals surface area contributed by atoms with Gasteiger partial charge in [0.25, 0.3) is 0 Å². The van der Waals surface area contributed by atoms with Gasteiger partial charge in [-0.3, -0.25) is 4.79 Å². The van der Waals surface area contributed by atoms with Crippen LogP contribution < -0.4 is 9.03 Å². The lowest BCUT2D eigenvalue weighted by Crippen LogP contribution is -2.30. The number of nitrogens with one attached hydrogen (secondary N) is 1. The first-order valence-corrected chi connectivity index (χ1v) is 11.8. The Morgan fingerprint density at radius 1 is 1.04 bits per heavy atom. The third-order valence-electron chi connectivity index (χ3n) is 4.61. The number of carbonyl (C=O) groups excluding carboxylic acids is 1. The van der Waals surface area contributed by atoms with Gasteiger partial charge < -0.3 is 0 Å². The molecular weight excluding hydrogens is 400 g/mol. The van der Waals surface area contributed by atoms with Crippen LogP contribution in [0, 0.1) is 20.8 Å². The van der Waals surface area contributed by atoms with Gasteiger partial charge in [-0.15, -0.1) is 0 Å². The minimum atomic E-state index is -3.82. The highest BCUT2D eigenvalue weighted by Crippen LogP contribution is 2.31. The summed E-state index contributed by atoms with van der Waals surface area (Å²) in [6, 6.07) is 10.4. The standard InChI is InChI=1S/C19H22N2O5S2/c1-13-4-6-16(7-5-13)12-20-28(25,26)19-14(2)10-17(11-15(19)3)21-18(22)8-9-27(21,23)24/h4-7,10-11,20H,8-9,12H2,1-3H3. The third kappa shape index (κ3) is 3.96. The molecule has 1 N–H and O–H groups in total. The topological polar surface area (TPSA) is 101 Å². The average molecular weight is 423 g/mol. The fourth-order valence-corrected chi connectivity index (χ4v) is 6.20. The molecule has 2 aromatic carbocycles. The first-order chi connectivity index (χ1) is 13.0. The van der Waals surface area contributed by atoms with Crippen molar-refractivity contribution in [3.8, 4) is 0 Å². The number of nitrogens with zero attached hydrogens (tertiary/aromatic N) is 1. The number of aryl methyl sites for hydroxylation is 3. The first kappa shape index (κ1) is 20.5. The van der Waals surface area contributed by atoms with Crippen LogP contribution in [0.4, 0.5) is 5.69 Å². The van der Waals surface area contributed by atoms with E-state index in [1.807, 2.05) is 31.2 Å². The summed E-state index contributed by atoms with van der Waals surface area (Å²) in [6.07, 6.45) is -0.0708. The second-order valence-corrected chi connectivity index (χ2v) is 10.6. The van der Waals surface area contributed by atoms with Crippen LogP contribution in [0.2, 0.25) is 0 Å². The van der Waals surface area contributed by atoms with E-state index in [2.05, 4.69) is 4.72 Å². The first-order valence-electron chi connectivity index (χ1n) is 8.73. The second-order valence-electron chi connectivity index (χ2n) is 6.94. The number of rotatable bonds is 5. The van der Waals surface area contributed by atoms with E-state index in [1.54, 1.807) is 13.8 Å². The maximum Gasteiger partial charge on any atom is 0.242 e. The van der Waals surface area contributed by atoms with Crippen molar-refractivity contribution >= 4 is 31.6 Å². The number of anilines is 1. The van der Waals surface area contributed by atoms with E-state index in [9.17, 15) is 21.6 Å². The van der Waals surface area contributed by atoms with E-state index in [0.29, 0.717) is 11.1 Å². The molecule has 0 radical (unpaired) electrons. The zero-order chi connectivity index (χ0) is 20.7. The van der Waals surface area contributed by atoms with Crippen molar-refractivity contribution in [2.75, 3.05) is 10.1 Å². The van der Waals surface area contributed by atoms with Gasteiger partial charge in [-0.1, -0.05) is 29.8 Å². The minimum Gasteiger partial charge on any atom is -0.273 e. The highest BCUT2D eigenvalue weighted by atomic mass is 32.2. The Kier molecular flexibility index (Phi) is 5.35. The molecule has 0 aliphatic carbocycles. The van der Waals surface area contributed by atoms with Crippen LogP contribution >= 0.6 is 0 Å². The predicted molar refractivity (Wildman–Crippen MR) is 107 cm³/mol. The van der Waals surface area contributed by atoms with Gasteiger partial charge >= 0.3 is 0 Å². The van der Waals surface area contributed by atoms with Crippen molar-refractivity contribution in [3.05, 3.63) is 58.7 Å². The third-order valence-corrected chi connectivity index (χ3v) is 8.01. The Bertz CT molecular complexity index is 1110. The maximum absolute atomic E-state index is 12.8. The maximum atomic E-state index is 12.8. The number of sulfonamides is 2. The lowest BCUT2D eigenvalue weighted by molar-refractivity contribution is -0.116. The van der Waals surface area contributed by atoms with E-state index >= 15 is 0 Å². The summed E-state index contributed by atoms with van der Waals surface area (Å²) >= 11 is 0. The Labute approximate surface area is 165 Å². The molecule has 3 rings (SSSR count). The second kappa shape index (κ2) is 7.31. The van der Waals surface area contributed by atoms with Crippen LogP contribution in [0.3, 0.4) is 0 Å².